The lowest BCUT2D eigenvalue weighted by atomic mass is 10.1. The van der Waals surface area contributed by atoms with Crippen molar-refractivity contribution in [3.8, 4) is 11.6 Å². The molecule has 0 spiro atoms. The minimum Gasteiger partial charge on any atom is -0.772 e. The highest BCUT2D eigenvalue weighted by atomic mass is 35.5. The number of aryl methyl sites for hydroxylation is 1. The number of amides is 1. The second-order valence-electron chi connectivity index (χ2n) is 7.87. The Balaban J connectivity index is 1.96. The topological polar surface area (TPSA) is 151 Å². The normalized spacial score (nSPS) is 11.6. The predicted molar refractivity (Wildman–Crippen MR) is 134 cm³/mol. The maximum absolute atomic E-state index is 12.0. The molecule has 1 N–H and O–H groups in total. The number of carbonyl (C=O) groups is 1. The van der Waals surface area contributed by atoms with E-state index < -0.39 is 33.3 Å². The van der Waals surface area contributed by atoms with Crippen LogP contribution >= 0.6 is 11.6 Å². The maximum Gasteiger partial charge on any atom is 0.373 e. The van der Waals surface area contributed by atoms with Crippen LogP contribution in [0.4, 0.5) is 11.5 Å². The molecule has 0 bridgehead atoms. The van der Waals surface area contributed by atoms with Crippen molar-refractivity contribution in [2.45, 2.75) is 25.1 Å². The second-order valence-corrected chi connectivity index (χ2v) is 9.20. The monoisotopic (exact) mass is 532 g/mol. The number of ether oxygens (including phenoxy) is 1. The van der Waals surface area contributed by atoms with Crippen molar-refractivity contribution in [1.82, 2.24) is 14.9 Å². The van der Waals surface area contributed by atoms with Gasteiger partial charge in [-0.1, -0.05) is 41.9 Å². The molecular weight excluding hydrogens is 510 g/mol. The third-order valence-electron chi connectivity index (χ3n) is 4.90. The van der Waals surface area contributed by atoms with Gasteiger partial charge in [-0.2, -0.15) is 4.98 Å². The summed E-state index contributed by atoms with van der Waals surface area (Å²) < 4.78 is 28.3. The van der Waals surface area contributed by atoms with Gasteiger partial charge in [0.15, 0.2) is 0 Å². The number of rotatable bonds is 11. The summed E-state index contributed by atoms with van der Waals surface area (Å²) in [7, 11) is 3.30. The highest BCUT2D eigenvalue weighted by Crippen LogP contribution is 2.36. The number of nitro groups is 1. The minimum absolute atomic E-state index is 0.0757. The van der Waals surface area contributed by atoms with Gasteiger partial charge in [0.1, 0.15) is 11.6 Å². The number of hydrogen-bond acceptors (Lipinski definition) is 9. The van der Waals surface area contributed by atoms with Crippen LogP contribution in [0.25, 0.3) is 0 Å². The van der Waals surface area contributed by atoms with Crippen molar-refractivity contribution in [2.24, 2.45) is 0 Å². The molecule has 0 aliphatic heterocycles. The molecule has 1 heterocycles. The number of benzene rings is 2. The van der Waals surface area contributed by atoms with Crippen LogP contribution in [0.1, 0.15) is 23.4 Å². The fourth-order valence-corrected chi connectivity index (χ4v) is 3.79. The van der Waals surface area contributed by atoms with Crippen LogP contribution in [-0.2, 0) is 34.6 Å². The van der Waals surface area contributed by atoms with Gasteiger partial charge in [-0.3, -0.25) is 19.1 Å². The summed E-state index contributed by atoms with van der Waals surface area (Å²) in [4.78, 5) is 32.7. The number of aromatic nitrogens is 2. The standard InChI is InChI=1S/C23H24ClN5O6S/c1-28(2)20(30)9-8-16-10-17(24)12-18(11-16)35-23-21(29(31)32)22(26-19(27-23)14-36(33)34)25-13-15-6-4-3-5-7-15/h3-7,10-12H,8-9,13-14H2,1-2H3,(H,33,34)(H,25,26,27)/p-1. The minimum atomic E-state index is -2.54. The van der Waals surface area contributed by atoms with Crippen LogP contribution < -0.4 is 10.1 Å². The Hall–Kier alpha value is -3.61. The number of halogens is 1. The lowest BCUT2D eigenvalue weighted by molar-refractivity contribution is -0.385. The van der Waals surface area contributed by atoms with Crippen LogP contribution in [0.5, 0.6) is 11.6 Å². The smallest absolute Gasteiger partial charge is 0.373 e. The summed E-state index contributed by atoms with van der Waals surface area (Å²) in [6.07, 6.45) is 0.595. The van der Waals surface area contributed by atoms with E-state index in [1.54, 1.807) is 26.2 Å². The molecule has 3 aromatic rings. The van der Waals surface area contributed by atoms with Crippen molar-refractivity contribution in [3.63, 3.8) is 0 Å². The first-order valence-electron chi connectivity index (χ1n) is 10.7. The molecule has 13 heteroatoms. The van der Waals surface area contributed by atoms with Crippen molar-refractivity contribution in [3.05, 3.63) is 80.6 Å². The summed E-state index contributed by atoms with van der Waals surface area (Å²) in [6, 6.07) is 13.8. The Bertz CT molecular complexity index is 1280. The predicted octanol–water partition coefficient (Wildman–Crippen LogP) is 3.84. The zero-order chi connectivity index (χ0) is 26.2. The largest absolute Gasteiger partial charge is 0.772 e. The van der Waals surface area contributed by atoms with Crippen molar-refractivity contribution in [1.29, 1.82) is 0 Å². The van der Waals surface area contributed by atoms with E-state index in [2.05, 4.69) is 15.3 Å². The van der Waals surface area contributed by atoms with Crippen LogP contribution in [0.3, 0.4) is 0 Å². The first-order chi connectivity index (χ1) is 17.1. The number of hydrogen-bond donors (Lipinski definition) is 1. The summed E-state index contributed by atoms with van der Waals surface area (Å²) in [6.45, 7) is 0.194. The van der Waals surface area contributed by atoms with Crippen LogP contribution in [0.2, 0.25) is 5.02 Å². The van der Waals surface area contributed by atoms with Crippen LogP contribution in [-0.4, -0.2) is 48.6 Å². The molecule has 2 aromatic carbocycles. The number of carbonyl (C=O) groups excluding carboxylic acids is 1. The fourth-order valence-electron chi connectivity index (χ4n) is 3.20. The molecule has 0 radical (unpaired) electrons. The van der Waals surface area contributed by atoms with Crippen molar-refractivity contribution < 1.29 is 23.2 Å². The van der Waals surface area contributed by atoms with E-state index in [1.165, 1.54) is 11.0 Å². The summed E-state index contributed by atoms with van der Waals surface area (Å²) in [5.41, 5.74) is 0.942. The lowest BCUT2D eigenvalue weighted by Gasteiger charge is -2.14. The van der Waals surface area contributed by atoms with Crippen LogP contribution in [0.15, 0.2) is 48.5 Å². The van der Waals surface area contributed by atoms with Gasteiger partial charge in [0, 0.05) is 32.1 Å². The van der Waals surface area contributed by atoms with Gasteiger partial charge in [-0.05, 0) is 46.8 Å². The van der Waals surface area contributed by atoms with Gasteiger partial charge in [0.05, 0.1) is 10.7 Å². The molecule has 11 nitrogen and oxygen atoms in total. The van der Waals surface area contributed by atoms with Crippen molar-refractivity contribution >= 4 is 40.1 Å². The van der Waals surface area contributed by atoms with Gasteiger partial charge in [0.25, 0.3) is 0 Å². The molecule has 0 aliphatic carbocycles. The van der Waals surface area contributed by atoms with Gasteiger partial charge in [0.2, 0.25) is 11.7 Å². The zero-order valence-corrected chi connectivity index (χ0v) is 21.0. The second kappa shape index (κ2) is 12.4. The quantitative estimate of drug-likeness (QED) is 0.220. The Labute approximate surface area is 214 Å². The fraction of sp³-hybridized carbons (Fsp3) is 0.261. The highest BCUT2D eigenvalue weighted by Gasteiger charge is 2.27. The molecule has 1 unspecified atom stereocenters. The molecule has 1 amide bonds. The molecule has 36 heavy (non-hydrogen) atoms. The molecule has 1 atom stereocenters. The molecule has 0 saturated carbocycles. The van der Waals surface area contributed by atoms with E-state index >= 15 is 0 Å². The number of nitrogens with zero attached hydrogens (tertiary/aromatic N) is 4. The van der Waals surface area contributed by atoms with E-state index in [9.17, 15) is 23.7 Å². The molecule has 0 aliphatic rings. The molecule has 190 valence electrons. The SMILES string of the molecule is CN(C)C(=O)CCc1cc(Cl)cc(Oc2nc(CS(=O)[O-])nc(NCc3ccccc3)c2[N+](=O)[O-])c1. The van der Waals surface area contributed by atoms with Gasteiger partial charge in [-0.15, -0.1) is 0 Å². The average Bonchev–Trinajstić information content (AvgIpc) is 2.80. The van der Waals surface area contributed by atoms with E-state index in [-0.39, 0.29) is 36.3 Å². The van der Waals surface area contributed by atoms with Gasteiger partial charge >= 0.3 is 11.6 Å². The lowest BCUT2D eigenvalue weighted by Crippen LogP contribution is -2.21. The highest BCUT2D eigenvalue weighted by molar-refractivity contribution is 7.78. The Morgan fingerprint density at radius 3 is 2.53 bits per heavy atom. The molecule has 0 fully saturated rings. The van der Waals surface area contributed by atoms with E-state index in [1.807, 2.05) is 30.3 Å². The van der Waals surface area contributed by atoms with Crippen LogP contribution in [0, 0.1) is 10.1 Å². The summed E-state index contributed by atoms with van der Waals surface area (Å²) in [5, 5.41) is 15.1. The molecule has 3 rings (SSSR count). The third kappa shape index (κ3) is 7.70. The summed E-state index contributed by atoms with van der Waals surface area (Å²) in [5.74, 6) is -1.31. The van der Waals surface area contributed by atoms with Gasteiger partial charge in [-0.25, -0.2) is 4.98 Å². The number of anilines is 1. The Morgan fingerprint density at radius 2 is 1.89 bits per heavy atom. The van der Waals surface area contributed by atoms with Crippen molar-refractivity contribution in [2.75, 3.05) is 19.4 Å². The zero-order valence-electron chi connectivity index (χ0n) is 19.5. The Kier molecular flexibility index (Phi) is 9.28. The maximum atomic E-state index is 12.0. The molecular formula is C23H23ClN5O6S-. The Morgan fingerprint density at radius 1 is 1.17 bits per heavy atom. The third-order valence-corrected chi connectivity index (χ3v) is 5.61. The number of nitrogens with one attached hydrogen (secondary N) is 1. The molecule has 0 saturated heterocycles. The van der Waals surface area contributed by atoms with E-state index in [4.69, 9.17) is 16.3 Å². The molecule has 1 aromatic heterocycles. The first kappa shape index (κ1) is 27.0. The van der Waals surface area contributed by atoms with E-state index in [0.717, 1.165) is 5.56 Å². The first-order valence-corrected chi connectivity index (χ1v) is 12.3. The van der Waals surface area contributed by atoms with E-state index in [0.29, 0.717) is 17.0 Å². The average molecular weight is 533 g/mol. The van der Waals surface area contributed by atoms with Gasteiger partial charge < -0.3 is 19.5 Å². The summed E-state index contributed by atoms with van der Waals surface area (Å²) >= 11 is 3.67.